The Hall–Kier alpha value is -3.99. The van der Waals surface area contributed by atoms with E-state index in [0.717, 1.165) is 0 Å². The standard InChI is InChI=1S/C20H18FN5O5/c21-15-11-14(4-5-16(15)26-6-8-30-9-7-26)22-17(27)18-24-25-20(31-18)23-13-3-1-2-12(10-13)19(28)29/h1-5,10-11H,6-9H2,(H,22,27)(H,23,25)(H,28,29). The van der Waals surface area contributed by atoms with Crippen molar-refractivity contribution in [3.05, 3.63) is 59.7 Å². The summed E-state index contributed by atoms with van der Waals surface area (Å²) >= 11 is 0. The number of carbonyl (C=O) groups is 2. The normalized spacial score (nSPS) is 13.6. The summed E-state index contributed by atoms with van der Waals surface area (Å²) in [6.07, 6.45) is 0. The predicted molar refractivity (Wildman–Crippen MR) is 108 cm³/mol. The van der Waals surface area contributed by atoms with Crippen LogP contribution in [0.5, 0.6) is 0 Å². The number of hydrogen-bond donors (Lipinski definition) is 3. The third-order valence-electron chi connectivity index (χ3n) is 4.54. The van der Waals surface area contributed by atoms with Crippen molar-refractivity contribution in [2.24, 2.45) is 0 Å². The minimum atomic E-state index is -1.08. The van der Waals surface area contributed by atoms with Crippen molar-refractivity contribution in [2.45, 2.75) is 0 Å². The number of carbonyl (C=O) groups excluding carboxylic acids is 1. The lowest BCUT2D eigenvalue weighted by atomic mass is 10.2. The summed E-state index contributed by atoms with van der Waals surface area (Å²) in [5, 5.41) is 21.6. The number of ether oxygens (including phenoxy) is 1. The van der Waals surface area contributed by atoms with Gasteiger partial charge in [0.05, 0.1) is 24.5 Å². The van der Waals surface area contributed by atoms with Gasteiger partial charge in [0, 0.05) is 24.5 Å². The highest BCUT2D eigenvalue weighted by atomic mass is 19.1. The Morgan fingerprint density at radius 3 is 2.61 bits per heavy atom. The van der Waals surface area contributed by atoms with Crippen molar-refractivity contribution in [1.29, 1.82) is 0 Å². The molecule has 3 aromatic rings. The number of nitrogens with one attached hydrogen (secondary N) is 2. The maximum atomic E-state index is 14.5. The van der Waals surface area contributed by atoms with Gasteiger partial charge >= 0.3 is 23.8 Å². The Bertz CT molecular complexity index is 1110. The summed E-state index contributed by atoms with van der Waals surface area (Å²) in [5.41, 5.74) is 1.15. The lowest BCUT2D eigenvalue weighted by Gasteiger charge is -2.29. The number of nitrogens with zero attached hydrogens (tertiary/aromatic N) is 3. The van der Waals surface area contributed by atoms with Crippen LogP contribution < -0.4 is 15.5 Å². The SMILES string of the molecule is O=C(O)c1cccc(Nc2nnc(C(=O)Nc3ccc(N4CCOCC4)c(F)c3)o2)c1. The first-order chi connectivity index (χ1) is 15.0. The van der Waals surface area contributed by atoms with E-state index >= 15 is 0 Å². The van der Waals surface area contributed by atoms with E-state index in [2.05, 4.69) is 20.8 Å². The molecule has 31 heavy (non-hydrogen) atoms. The highest BCUT2D eigenvalue weighted by Crippen LogP contribution is 2.24. The van der Waals surface area contributed by atoms with Crippen LogP contribution in [0.1, 0.15) is 21.0 Å². The molecule has 0 aliphatic carbocycles. The van der Waals surface area contributed by atoms with Gasteiger partial charge in [-0.1, -0.05) is 11.2 Å². The number of benzene rings is 2. The van der Waals surface area contributed by atoms with Gasteiger partial charge in [0.15, 0.2) is 0 Å². The van der Waals surface area contributed by atoms with Crippen LogP contribution >= 0.6 is 0 Å². The fraction of sp³-hybridized carbons (Fsp3) is 0.200. The van der Waals surface area contributed by atoms with Crippen LogP contribution in [-0.4, -0.2) is 53.5 Å². The largest absolute Gasteiger partial charge is 0.478 e. The third-order valence-corrected chi connectivity index (χ3v) is 4.54. The molecule has 1 amide bonds. The molecule has 2 heterocycles. The molecule has 1 aliphatic heterocycles. The highest BCUT2D eigenvalue weighted by Gasteiger charge is 2.18. The van der Waals surface area contributed by atoms with Gasteiger partial charge in [-0.05, 0) is 36.4 Å². The van der Waals surface area contributed by atoms with Crippen LogP contribution in [0, 0.1) is 5.82 Å². The lowest BCUT2D eigenvalue weighted by Crippen LogP contribution is -2.36. The maximum Gasteiger partial charge on any atom is 0.335 e. The summed E-state index contributed by atoms with van der Waals surface area (Å²) in [5.74, 6) is -2.60. The van der Waals surface area contributed by atoms with Crippen LogP contribution in [0.25, 0.3) is 0 Å². The molecule has 4 rings (SSSR count). The molecule has 3 N–H and O–H groups in total. The second-order valence-electron chi connectivity index (χ2n) is 6.64. The molecule has 2 aromatic carbocycles. The van der Waals surface area contributed by atoms with Crippen molar-refractivity contribution in [2.75, 3.05) is 41.8 Å². The Labute approximate surface area is 175 Å². The third kappa shape index (κ3) is 4.78. The summed E-state index contributed by atoms with van der Waals surface area (Å²) in [6.45, 7) is 2.25. The van der Waals surface area contributed by atoms with Crippen molar-refractivity contribution >= 4 is 35.0 Å². The van der Waals surface area contributed by atoms with Crippen molar-refractivity contribution in [3.63, 3.8) is 0 Å². The number of morpholine rings is 1. The Kier molecular flexibility index (Phi) is 5.76. The van der Waals surface area contributed by atoms with E-state index < -0.39 is 17.7 Å². The number of rotatable bonds is 6. The number of carboxylic acid groups (broad SMARTS) is 1. The van der Waals surface area contributed by atoms with Gasteiger partial charge in [0.2, 0.25) is 0 Å². The summed E-state index contributed by atoms with van der Waals surface area (Å²) in [7, 11) is 0. The van der Waals surface area contributed by atoms with Gasteiger partial charge in [0.1, 0.15) is 5.82 Å². The van der Waals surface area contributed by atoms with Crippen LogP contribution in [0.3, 0.4) is 0 Å². The Morgan fingerprint density at radius 2 is 1.87 bits per heavy atom. The molecule has 0 unspecified atom stereocenters. The van der Waals surface area contributed by atoms with Crippen molar-refractivity contribution in [3.8, 4) is 0 Å². The van der Waals surface area contributed by atoms with Crippen LogP contribution in [-0.2, 0) is 4.74 Å². The molecule has 1 saturated heterocycles. The molecule has 0 bridgehead atoms. The number of hydrogen-bond acceptors (Lipinski definition) is 8. The fourth-order valence-corrected chi connectivity index (χ4v) is 3.05. The van der Waals surface area contributed by atoms with Gasteiger partial charge in [-0.25, -0.2) is 9.18 Å². The average Bonchev–Trinajstić information content (AvgIpc) is 3.23. The zero-order valence-electron chi connectivity index (χ0n) is 16.2. The maximum absolute atomic E-state index is 14.5. The first-order valence-electron chi connectivity index (χ1n) is 9.37. The minimum Gasteiger partial charge on any atom is -0.478 e. The summed E-state index contributed by atoms with van der Waals surface area (Å²) in [6, 6.07) is 10.3. The molecule has 11 heteroatoms. The van der Waals surface area contributed by atoms with E-state index in [4.69, 9.17) is 14.3 Å². The minimum absolute atomic E-state index is 0.0741. The number of carboxylic acids is 1. The molecule has 0 atom stereocenters. The summed E-state index contributed by atoms with van der Waals surface area (Å²) < 4.78 is 25.0. The Morgan fingerprint density at radius 1 is 1.06 bits per heavy atom. The molecule has 0 spiro atoms. The quantitative estimate of drug-likeness (QED) is 0.544. The molecule has 0 radical (unpaired) electrons. The molecular weight excluding hydrogens is 409 g/mol. The number of amides is 1. The smallest absolute Gasteiger partial charge is 0.335 e. The van der Waals surface area contributed by atoms with E-state index in [1.165, 1.54) is 18.2 Å². The van der Waals surface area contributed by atoms with Crippen LogP contribution in [0.15, 0.2) is 46.9 Å². The number of aromatic nitrogens is 2. The molecule has 1 aliphatic rings. The molecule has 1 aromatic heterocycles. The molecule has 1 fully saturated rings. The zero-order chi connectivity index (χ0) is 21.8. The van der Waals surface area contributed by atoms with Gasteiger partial charge < -0.3 is 29.8 Å². The van der Waals surface area contributed by atoms with E-state index in [1.54, 1.807) is 24.3 Å². The highest BCUT2D eigenvalue weighted by molar-refractivity contribution is 6.01. The molecule has 0 saturated carbocycles. The Balaban J connectivity index is 1.41. The second-order valence-corrected chi connectivity index (χ2v) is 6.64. The van der Waals surface area contributed by atoms with E-state index in [1.807, 2.05) is 4.90 Å². The number of aromatic carboxylic acids is 1. The van der Waals surface area contributed by atoms with Crippen molar-refractivity contribution < 1.29 is 28.2 Å². The van der Waals surface area contributed by atoms with E-state index in [9.17, 15) is 14.0 Å². The first kappa shape index (κ1) is 20.3. The lowest BCUT2D eigenvalue weighted by molar-refractivity contribution is 0.0696. The topological polar surface area (TPSA) is 130 Å². The molecule has 10 nitrogen and oxygen atoms in total. The van der Waals surface area contributed by atoms with E-state index in [0.29, 0.717) is 37.7 Å². The van der Waals surface area contributed by atoms with Gasteiger partial charge in [-0.15, -0.1) is 5.10 Å². The van der Waals surface area contributed by atoms with Gasteiger partial charge in [0.25, 0.3) is 0 Å². The zero-order valence-corrected chi connectivity index (χ0v) is 16.2. The van der Waals surface area contributed by atoms with Crippen LogP contribution in [0.4, 0.5) is 27.5 Å². The molecule has 160 valence electrons. The van der Waals surface area contributed by atoms with Gasteiger partial charge in [-0.2, -0.15) is 0 Å². The average molecular weight is 427 g/mol. The predicted octanol–water partition coefficient (Wildman–Crippen LogP) is 2.74. The summed E-state index contributed by atoms with van der Waals surface area (Å²) in [4.78, 5) is 25.3. The van der Waals surface area contributed by atoms with Crippen LogP contribution in [0.2, 0.25) is 0 Å². The number of anilines is 4. The number of halogens is 1. The molecular formula is C20H18FN5O5. The monoisotopic (exact) mass is 427 g/mol. The van der Waals surface area contributed by atoms with Gasteiger partial charge in [-0.3, -0.25) is 4.79 Å². The second kappa shape index (κ2) is 8.79. The first-order valence-corrected chi connectivity index (χ1v) is 9.37. The fourth-order valence-electron chi connectivity index (χ4n) is 3.05. The van der Waals surface area contributed by atoms with E-state index in [-0.39, 0.29) is 23.2 Å². The van der Waals surface area contributed by atoms with Crippen molar-refractivity contribution in [1.82, 2.24) is 10.2 Å².